The summed E-state index contributed by atoms with van der Waals surface area (Å²) in [5.41, 5.74) is 0. The third kappa shape index (κ3) is 8.02. The maximum Gasteiger partial charge on any atom is 1.00 e. The van der Waals surface area contributed by atoms with Crippen molar-refractivity contribution in [2.75, 3.05) is 0 Å². The van der Waals surface area contributed by atoms with E-state index in [1.807, 2.05) is 0 Å². The summed E-state index contributed by atoms with van der Waals surface area (Å²) in [4.78, 5) is 20.5. The number of allylic oxidation sites excluding steroid dienone is 2. The van der Waals surface area contributed by atoms with Gasteiger partial charge in [-0.15, -0.1) is 0 Å². The van der Waals surface area contributed by atoms with Crippen LogP contribution < -0.4 is 34.7 Å². The number of carboxylic acid groups (broad SMARTS) is 2. The molecule has 0 bridgehead atoms. The molecule has 0 aromatic carbocycles. The van der Waals surface area contributed by atoms with Crippen molar-refractivity contribution in [3.8, 4) is 0 Å². The van der Waals surface area contributed by atoms with E-state index in [0.29, 0.717) is 0 Å². The fraction of sp³-hybridized carbons (Fsp3) is 0.500. The van der Waals surface area contributed by atoms with Gasteiger partial charge >= 0.3 is 35.5 Å². The second kappa shape index (κ2) is 8.29. The number of rotatable bonds is 5. The van der Waals surface area contributed by atoms with Gasteiger partial charge in [0.2, 0.25) is 0 Å². The van der Waals surface area contributed by atoms with Gasteiger partial charge in [-0.2, -0.15) is 0 Å². The van der Waals surface area contributed by atoms with E-state index in [2.05, 4.69) is 0 Å². The van der Waals surface area contributed by atoms with Gasteiger partial charge < -0.3 is 15.0 Å². The number of carbonyl (C=O) groups is 2. The Morgan fingerprint density at radius 1 is 1.54 bits per heavy atom. The predicted molar refractivity (Wildman–Crippen MR) is 40.2 cm³/mol. The molecule has 0 aromatic rings. The minimum atomic E-state index is -1.33. The van der Waals surface area contributed by atoms with Crippen molar-refractivity contribution in [2.24, 2.45) is 5.92 Å². The largest absolute Gasteiger partial charge is 1.00 e. The summed E-state index contributed by atoms with van der Waals surface area (Å²) in [7, 11) is 0. The van der Waals surface area contributed by atoms with Crippen molar-refractivity contribution < 1.29 is 49.4 Å². The van der Waals surface area contributed by atoms with Gasteiger partial charge in [-0.3, -0.25) is 4.79 Å². The van der Waals surface area contributed by atoms with Gasteiger partial charge in [0.05, 0.1) is 5.92 Å². The Balaban J connectivity index is 0. The van der Waals surface area contributed by atoms with Gasteiger partial charge in [0.25, 0.3) is 0 Å². The summed E-state index contributed by atoms with van der Waals surface area (Å²) in [5, 5.41) is 18.6. The molecular weight excluding hydrogens is 183 g/mol. The SMILES string of the molecule is C/C=C/CC(CC(=O)[O-])C(=O)O.[Na+]. The zero-order chi connectivity index (χ0) is 9.56. The molecule has 0 radical (unpaired) electrons. The second-order valence-corrected chi connectivity index (χ2v) is 2.42. The molecular formula is C8H11NaO4. The van der Waals surface area contributed by atoms with Crippen LogP contribution >= 0.6 is 0 Å². The molecule has 0 heterocycles. The van der Waals surface area contributed by atoms with Gasteiger partial charge in [0.1, 0.15) is 0 Å². The van der Waals surface area contributed by atoms with Crippen molar-refractivity contribution in [1.29, 1.82) is 0 Å². The van der Waals surface area contributed by atoms with E-state index in [-0.39, 0.29) is 36.0 Å². The zero-order valence-corrected chi connectivity index (χ0v) is 9.82. The van der Waals surface area contributed by atoms with Gasteiger partial charge in [0.15, 0.2) is 0 Å². The second-order valence-electron chi connectivity index (χ2n) is 2.42. The van der Waals surface area contributed by atoms with E-state index in [1.165, 1.54) is 0 Å². The van der Waals surface area contributed by atoms with Crippen molar-refractivity contribution in [3.05, 3.63) is 12.2 Å². The summed E-state index contributed by atoms with van der Waals surface area (Å²) >= 11 is 0. The Bertz CT molecular complexity index is 200. The minimum Gasteiger partial charge on any atom is -0.550 e. The molecule has 0 saturated heterocycles. The van der Waals surface area contributed by atoms with Crippen LogP contribution in [0.2, 0.25) is 0 Å². The average Bonchev–Trinajstić information content (AvgIpc) is 1.96. The smallest absolute Gasteiger partial charge is 0.550 e. The Morgan fingerprint density at radius 3 is 2.38 bits per heavy atom. The van der Waals surface area contributed by atoms with Crippen molar-refractivity contribution in [3.63, 3.8) is 0 Å². The monoisotopic (exact) mass is 194 g/mol. The molecule has 1 atom stereocenters. The van der Waals surface area contributed by atoms with Crippen LogP contribution in [-0.2, 0) is 9.59 Å². The summed E-state index contributed by atoms with van der Waals surface area (Å²) < 4.78 is 0. The maximum atomic E-state index is 10.4. The topological polar surface area (TPSA) is 77.4 Å². The van der Waals surface area contributed by atoms with Crippen LogP contribution in [0.25, 0.3) is 0 Å². The number of hydrogen-bond acceptors (Lipinski definition) is 3. The van der Waals surface area contributed by atoms with Crippen LogP contribution in [0.3, 0.4) is 0 Å². The number of hydrogen-bond donors (Lipinski definition) is 1. The van der Waals surface area contributed by atoms with Crippen molar-refractivity contribution in [2.45, 2.75) is 19.8 Å². The molecule has 13 heavy (non-hydrogen) atoms. The summed E-state index contributed by atoms with van der Waals surface area (Å²) in [6, 6.07) is 0. The van der Waals surface area contributed by atoms with Crippen LogP contribution in [-0.4, -0.2) is 17.0 Å². The third-order valence-corrected chi connectivity index (χ3v) is 1.42. The molecule has 0 amide bonds. The first-order valence-electron chi connectivity index (χ1n) is 3.61. The summed E-state index contributed by atoms with van der Waals surface area (Å²) in [5.74, 6) is -3.30. The van der Waals surface area contributed by atoms with E-state index >= 15 is 0 Å². The fourth-order valence-electron chi connectivity index (χ4n) is 0.773. The molecule has 0 saturated carbocycles. The quantitative estimate of drug-likeness (QED) is 0.369. The molecule has 0 aliphatic heterocycles. The van der Waals surface area contributed by atoms with E-state index in [1.54, 1.807) is 19.1 Å². The normalized spacial score (nSPS) is 12.1. The van der Waals surface area contributed by atoms with Gasteiger partial charge in [-0.05, 0) is 13.3 Å². The molecule has 0 aromatic heterocycles. The first-order valence-corrected chi connectivity index (χ1v) is 3.61. The van der Waals surface area contributed by atoms with Crippen molar-refractivity contribution >= 4 is 11.9 Å². The maximum absolute atomic E-state index is 10.4. The van der Waals surface area contributed by atoms with Gasteiger partial charge in [-0.1, -0.05) is 12.2 Å². The Morgan fingerprint density at radius 2 is 2.08 bits per heavy atom. The number of carboxylic acids is 2. The minimum absolute atomic E-state index is 0. The molecule has 5 heteroatoms. The Labute approximate surface area is 98.9 Å². The van der Waals surface area contributed by atoms with E-state index in [4.69, 9.17) is 5.11 Å². The van der Waals surface area contributed by atoms with E-state index < -0.39 is 24.3 Å². The van der Waals surface area contributed by atoms with Crippen LogP contribution in [0.5, 0.6) is 0 Å². The molecule has 0 spiro atoms. The van der Waals surface area contributed by atoms with Gasteiger partial charge in [-0.25, -0.2) is 0 Å². The fourth-order valence-corrected chi connectivity index (χ4v) is 0.773. The number of aliphatic carboxylic acids is 2. The first-order chi connectivity index (χ1) is 5.57. The summed E-state index contributed by atoms with van der Waals surface area (Å²) in [6.07, 6.45) is 3.12. The first kappa shape index (κ1) is 15.2. The molecule has 0 rings (SSSR count). The third-order valence-electron chi connectivity index (χ3n) is 1.42. The predicted octanol–water partition coefficient (Wildman–Crippen LogP) is -3.20. The van der Waals surface area contributed by atoms with E-state index in [0.717, 1.165) is 0 Å². The molecule has 1 N–H and O–H groups in total. The molecule has 0 aliphatic rings. The summed E-state index contributed by atoms with van der Waals surface area (Å²) in [6.45, 7) is 1.75. The molecule has 1 unspecified atom stereocenters. The molecule has 0 aliphatic carbocycles. The Kier molecular flexibility index (Phi) is 9.67. The van der Waals surface area contributed by atoms with Gasteiger partial charge in [0, 0.05) is 12.4 Å². The molecule has 4 nitrogen and oxygen atoms in total. The van der Waals surface area contributed by atoms with Crippen LogP contribution in [0.1, 0.15) is 19.8 Å². The van der Waals surface area contributed by atoms with Crippen LogP contribution in [0.4, 0.5) is 0 Å². The van der Waals surface area contributed by atoms with Crippen molar-refractivity contribution in [1.82, 2.24) is 0 Å². The average molecular weight is 194 g/mol. The standard InChI is InChI=1S/C8H12O4.Na/c1-2-3-4-6(8(11)12)5-7(9)10;/h2-3,6H,4-5H2,1H3,(H,9,10)(H,11,12);/q;+1/p-1/b3-2+;. The van der Waals surface area contributed by atoms with E-state index in [9.17, 15) is 14.7 Å². The Hall–Kier alpha value is -0.320. The molecule has 68 valence electrons. The van der Waals surface area contributed by atoms with Crippen LogP contribution in [0.15, 0.2) is 12.2 Å². The van der Waals surface area contributed by atoms with Crippen LogP contribution in [0, 0.1) is 5.92 Å². The zero-order valence-electron chi connectivity index (χ0n) is 7.82. The molecule has 0 fully saturated rings. The number of carbonyl (C=O) groups excluding carboxylic acids is 1.